The maximum atomic E-state index is 12.2. The number of fused-ring (bicyclic) bond motifs is 1. The third-order valence-electron chi connectivity index (χ3n) is 4.24. The average molecular weight is 363 g/mol. The first-order chi connectivity index (χ1) is 12.8. The summed E-state index contributed by atoms with van der Waals surface area (Å²) < 4.78 is 0. The smallest absolute Gasteiger partial charge is 0.229 e. The maximum absolute atomic E-state index is 12.2. The van der Waals surface area contributed by atoms with E-state index in [1.807, 2.05) is 58.9 Å². The first-order valence-corrected chi connectivity index (χ1v) is 9.07. The van der Waals surface area contributed by atoms with Crippen molar-refractivity contribution in [2.75, 3.05) is 17.2 Å². The number of nitrogens with zero attached hydrogens (tertiary/aromatic N) is 3. The first kappa shape index (κ1) is 18.8. The normalized spacial score (nSPS) is 11.4. The van der Waals surface area contributed by atoms with E-state index in [0.717, 1.165) is 40.0 Å². The van der Waals surface area contributed by atoms with Crippen LogP contribution in [0.25, 0.3) is 22.2 Å². The lowest BCUT2D eigenvalue weighted by Gasteiger charge is -2.18. The Morgan fingerprint density at radius 3 is 2.44 bits per heavy atom. The minimum Gasteiger partial charge on any atom is -0.355 e. The number of hydrogen-bond acceptors (Lipinski definition) is 5. The molecule has 0 aliphatic heterocycles. The number of aromatic nitrogens is 3. The number of pyridine rings is 1. The highest BCUT2D eigenvalue weighted by molar-refractivity contribution is 5.97. The zero-order chi connectivity index (χ0) is 19.6. The number of nitrogens with one attached hydrogen (secondary N) is 2. The standard InChI is InChI=1S/C21H25N5O/c1-6-22-20-23-11-14(12-24-20)18-9-13(2)16-10-15(7-8-17(16)26-18)25-19(27)21(3,4)5/h7-12H,6H2,1-5H3,(H,25,27)(H,22,23,24). The molecule has 6 nitrogen and oxygen atoms in total. The van der Waals surface area contributed by atoms with Gasteiger partial charge in [0.15, 0.2) is 0 Å². The van der Waals surface area contributed by atoms with Crippen LogP contribution in [0, 0.1) is 12.3 Å². The molecule has 0 saturated heterocycles. The number of aryl methyl sites for hydroxylation is 1. The monoisotopic (exact) mass is 363 g/mol. The Labute approximate surface area is 159 Å². The SMILES string of the molecule is CCNc1ncc(-c2cc(C)c3cc(NC(=O)C(C)(C)C)ccc3n2)cn1. The minimum atomic E-state index is -0.440. The third-order valence-corrected chi connectivity index (χ3v) is 4.24. The van der Waals surface area contributed by atoms with Crippen LogP contribution in [0.5, 0.6) is 0 Å². The largest absolute Gasteiger partial charge is 0.355 e. The van der Waals surface area contributed by atoms with E-state index in [1.54, 1.807) is 12.4 Å². The summed E-state index contributed by atoms with van der Waals surface area (Å²) in [5.41, 5.74) is 3.98. The molecule has 0 saturated carbocycles. The summed E-state index contributed by atoms with van der Waals surface area (Å²) in [6.45, 7) is 10.5. The van der Waals surface area contributed by atoms with Crippen LogP contribution in [0.3, 0.4) is 0 Å². The third kappa shape index (κ3) is 4.22. The van der Waals surface area contributed by atoms with E-state index in [1.165, 1.54) is 0 Å². The van der Waals surface area contributed by atoms with Crippen molar-refractivity contribution in [2.45, 2.75) is 34.6 Å². The molecule has 6 heteroatoms. The average Bonchev–Trinajstić information content (AvgIpc) is 2.62. The van der Waals surface area contributed by atoms with Crippen LogP contribution >= 0.6 is 0 Å². The van der Waals surface area contributed by atoms with E-state index in [2.05, 4.69) is 20.6 Å². The van der Waals surface area contributed by atoms with Crippen molar-refractivity contribution >= 4 is 28.4 Å². The number of anilines is 2. The van der Waals surface area contributed by atoms with Crippen molar-refractivity contribution in [3.63, 3.8) is 0 Å². The Morgan fingerprint density at radius 2 is 1.81 bits per heavy atom. The lowest BCUT2D eigenvalue weighted by molar-refractivity contribution is -0.123. The van der Waals surface area contributed by atoms with Gasteiger partial charge in [-0.1, -0.05) is 20.8 Å². The Bertz CT molecular complexity index is 974. The highest BCUT2D eigenvalue weighted by Gasteiger charge is 2.21. The molecule has 1 aromatic carbocycles. The molecule has 0 spiro atoms. The fourth-order valence-corrected chi connectivity index (χ4v) is 2.65. The maximum Gasteiger partial charge on any atom is 0.229 e. The Kier molecular flexibility index (Phi) is 5.08. The van der Waals surface area contributed by atoms with Crippen molar-refractivity contribution in [3.8, 4) is 11.3 Å². The second-order valence-electron chi connectivity index (χ2n) is 7.59. The number of amides is 1. The fourth-order valence-electron chi connectivity index (χ4n) is 2.65. The molecular formula is C21H25N5O. The second kappa shape index (κ2) is 7.31. The lowest BCUT2D eigenvalue weighted by atomic mass is 9.95. The van der Waals surface area contributed by atoms with Gasteiger partial charge in [0.1, 0.15) is 0 Å². The Balaban J connectivity index is 1.93. The zero-order valence-corrected chi connectivity index (χ0v) is 16.4. The lowest BCUT2D eigenvalue weighted by Crippen LogP contribution is -2.27. The van der Waals surface area contributed by atoms with Gasteiger partial charge in [0.05, 0.1) is 11.2 Å². The van der Waals surface area contributed by atoms with E-state index < -0.39 is 5.41 Å². The molecular weight excluding hydrogens is 338 g/mol. The quantitative estimate of drug-likeness (QED) is 0.717. The molecule has 0 fully saturated rings. The fraction of sp³-hybridized carbons (Fsp3) is 0.333. The Hall–Kier alpha value is -3.02. The predicted octanol–water partition coefficient (Wildman–Crippen LogP) is 4.42. The van der Waals surface area contributed by atoms with E-state index in [4.69, 9.17) is 4.98 Å². The second-order valence-corrected chi connectivity index (χ2v) is 7.59. The summed E-state index contributed by atoms with van der Waals surface area (Å²) in [5, 5.41) is 7.06. The van der Waals surface area contributed by atoms with E-state index in [9.17, 15) is 4.79 Å². The van der Waals surface area contributed by atoms with Crippen LogP contribution in [-0.4, -0.2) is 27.4 Å². The molecule has 0 aliphatic carbocycles. The van der Waals surface area contributed by atoms with Gasteiger partial charge in [0.25, 0.3) is 0 Å². The van der Waals surface area contributed by atoms with Crippen LogP contribution in [0.1, 0.15) is 33.3 Å². The molecule has 0 unspecified atom stereocenters. The van der Waals surface area contributed by atoms with Gasteiger partial charge in [0.2, 0.25) is 11.9 Å². The summed E-state index contributed by atoms with van der Waals surface area (Å²) in [6.07, 6.45) is 3.55. The molecule has 1 amide bonds. The van der Waals surface area contributed by atoms with Gasteiger partial charge < -0.3 is 10.6 Å². The van der Waals surface area contributed by atoms with Crippen molar-refractivity contribution in [1.29, 1.82) is 0 Å². The molecule has 2 aromatic heterocycles. The van der Waals surface area contributed by atoms with Crippen LogP contribution in [0.4, 0.5) is 11.6 Å². The molecule has 27 heavy (non-hydrogen) atoms. The van der Waals surface area contributed by atoms with Crippen LogP contribution in [-0.2, 0) is 4.79 Å². The highest BCUT2D eigenvalue weighted by Crippen LogP contribution is 2.27. The van der Waals surface area contributed by atoms with Crippen LogP contribution in [0.15, 0.2) is 36.7 Å². The van der Waals surface area contributed by atoms with E-state index in [0.29, 0.717) is 5.95 Å². The van der Waals surface area contributed by atoms with Crippen molar-refractivity contribution in [3.05, 3.63) is 42.2 Å². The van der Waals surface area contributed by atoms with Gasteiger partial charge in [-0.15, -0.1) is 0 Å². The van der Waals surface area contributed by atoms with E-state index in [-0.39, 0.29) is 5.91 Å². The number of rotatable bonds is 4. The highest BCUT2D eigenvalue weighted by atomic mass is 16.2. The summed E-state index contributed by atoms with van der Waals surface area (Å²) in [6, 6.07) is 7.80. The summed E-state index contributed by atoms with van der Waals surface area (Å²) in [7, 11) is 0. The molecule has 0 atom stereocenters. The molecule has 3 rings (SSSR count). The van der Waals surface area contributed by atoms with Gasteiger partial charge >= 0.3 is 0 Å². The predicted molar refractivity (Wildman–Crippen MR) is 110 cm³/mol. The van der Waals surface area contributed by atoms with Gasteiger partial charge in [-0.05, 0) is 43.7 Å². The molecule has 2 heterocycles. The van der Waals surface area contributed by atoms with Crippen LogP contribution < -0.4 is 10.6 Å². The first-order valence-electron chi connectivity index (χ1n) is 9.07. The van der Waals surface area contributed by atoms with Gasteiger partial charge in [-0.2, -0.15) is 0 Å². The van der Waals surface area contributed by atoms with Gasteiger partial charge in [-0.3, -0.25) is 4.79 Å². The molecule has 0 radical (unpaired) electrons. The number of carbonyl (C=O) groups excluding carboxylic acids is 1. The molecule has 0 bridgehead atoms. The number of carbonyl (C=O) groups is 1. The zero-order valence-electron chi connectivity index (χ0n) is 16.4. The molecule has 3 aromatic rings. The van der Waals surface area contributed by atoms with Crippen molar-refractivity contribution in [2.24, 2.45) is 5.41 Å². The Morgan fingerprint density at radius 1 is 1.11 bits per heavy atom. The summed E-state index contributed by atoms with van der Waals surface area (Å²) in [5.74, 6) is 0.597. The number of hydrogen-bond donors (Lipinski definition) is 2. The molecule has 140 valence electrons. The minimum absolute atomic E-state index is 0.0120. The summed E-state index contributed by atoms with van der Waals surface area (Å²) in [4.78, 5) is 25.6. The van der Waals surface area contributed by atoms with Gasteiger partial charge in [-0.25, -0.2) is 15.0 Å². The van der Waals surface area contributed by atoms with Crippen LogP contribution in [0.2, 0.25) is 0 Å². The topological polar surface area (TPSA) is 79.8 Å². The number of benzene rings is 1. The van der Waals surface area contributed by atoms with Crippen molar-refractivity contribution < 1.29 is 4.79 Å². The molecule has 0 aliphatic rings. The van der Waals surface area contributed by atoms with Gasteiger partial charge in [0, 0.05) is 41.0 Å². The van der Waals surface area contributed by atoms with E-state index >= 15 is 0 Å². The van der Waals surface area contributed by atoms with Crippen molar-refractivity contribution in [1.82, 2.24) is 15.0 Å². The summed E-state index contributed by atoms with van der Waals surface area (Å²) >= 11 is 0. The molecule has 2 N–H and O–H groups in total.